The number of aliphatic imine (C=N–C) groups is 1. The molecule has 2 aliphatic heterocycles. The van der Waals surface area contributed by atoms with E-state index in [-0.39, 0.29) is 0 Å². The molecule has 0 spiro atoms. The molecule has 0 aromatic heterocycles. The predicted octanol–water partition coefficient (Wildman–Crippen LogP) is 2.92. The van der Waals surface area contributed by atoms with Crippen LogP contribution < -0.4 is 10.6 Å². The number of rotatable bonds is 10. The second-order valence-corrected chi connectivity index (χ2v) is 8.07. The van der Waals surface area contributed by atoms with Crippen LogP contribution in [0, 0.1) is 0 Å². The SMILES string of the molecule is CN=C(NCCCOCC1CCCO1)NCc1ccc(CN2CCCCC2)cc1. The van der Waals surface area contributed by atoms with Gasteiger partial charge >= 0.3 is 0 Å². The quantitative estimate of drug-likeness (QED) is 0.358. The summed E-state index contributed by atoms with van der Waals surface area (Å²) in [4.78, 5) is 6.87. The predicted molar refractivity (Wildman–Crippen MR) is 118 cm³/mol. The van der Waals surface area contributed by atoms with Crippen LogP contribution in [0.1, 0.15) is 49.7 Å². The molecule has 1 atom stereocenters. The van der Waals surface area contributed by atoms with Gasteiger partial charge in [-0.3, -0.25) is 9.89 Å². The lowest BCUT2D eigenvalue weighted by molar-refractivity contribution is 0.0168. The summed E-state index contributed by atoms with van der Waals surface area (Å²) in [7, 11) is 1.81. The fourth-order valence-corrected chi connectivity index (χ4v) is 3.92. The molecule has 3 rings (SSSR count). The Hall–Kier alpha value is -1.63. The van der Waals surface area contributed by atoms with E-state index >= 15 is 0 Å². The molecule has 0 saturated carbocycles. The molecule has 162 valence electrons. The van der Waals surface area contributed by atoms with E-state index in [0.29, 0.717) is 6.10 Å². The maximum Gasteiger partial charge on any atom is 0.191 e. The van der Waals surface area contributed by atoms with Crippen molar-refractivity contribution in [3.05, 3.63) is 35.4 Å². The highest BCUT2D eigenvalue weighted by Crippen LogP contribution is 2.14. The van der Waals surface area contributed by atoms with Crippen LogP contribution in [0.4, 0.5) is 0 Å². The molecule has 0 amide bonds. The van der Waals surface area contributed by atoms with E-state index < -0.39 is 0 Å². The van der Waals surface area contributed by atoms with Gasteiger partial charge in [-0.05, 0) is 56.3 Å². The van der Waals surface area contributed by atoms with Gasteiger partial charge in [0.15, 0.2) is 5.96 Å². The zero-order valence-corrected chi connectivity index (χ0v) is 18.0. The summed E-state index contributed by atoms with van der Waals surface area (Å²) in [6.45, 7) is 7.54. The third-order valence-corrected chi connectivity index (χ3v) is 5.65. The first-order valence-electron chi connectivity index (χ1n) is 11.3. The maximum atomic E-state index is 5.70. The number of likely N-dealkylation sites (tertiary alicyclic amines) is 1. The average molecular weight is 403 g/mol. The second kappa shape index (κ2) is 12.8. The molecule has 6 heteroatoms. The van der Waals surface area contributed by atoms with Crippen LogP contribution in [0.25, 0.3) is 0 Å². The third-order valence-electron chi connectivity index (χ3n) is 5.65. The third kappa shape index (κ3) is 8.33. The van der Waals surface area contributed by atoms with Crippen molar-refractivity contribution in [2.45, 2.75) is 57.7 Å². The molecule has 1 unspecified atom stereocenters. The molecule has 2 aliphatic rings. The van der Waals surface area contributed by atoms with E-state index in [1.807, 2.05) is 7.05 Å². The standard InChI is InChI=1S/C23H38N4O2/c1-24-23(25-12-6-15-28-19-22-7-5-16-29-22)26-17-20-8-10-21(11-9-20)18-27-13-3-2-4-14-27/h8-11,22H,2-7,12-19H2,1H3,(H2,24,25,26). The topological polar surface area (TPSA) is 58.1 Å². The number of ether oxygens (including phenoxy) is 2. The lowest BCUT2D eigenvalue weighted by Crippen LogP contribution is -2.37. The van der Waals surface area contributed by atoms with Crippen LogP contribution in [-0.4, -0.2) is 63.5 Å². The fraction of sp³-hybridized carbons (Fsp3) is 0.696. The van der Waals surface area contributed by atoms with Crippen LogP contribution >= 0.6 is 0 Å². The number of piperidine rings is 1. The minimum absolute atomic E-state index is 0.309. The van der Waals surface area contributed by atoms with Gasteiger partial charge in [0.25, 0.3) is 0 Å². The van der Waals surface area contributed by atoms with Crippen molar-refractivity contribution in [3.63, 3.8) is 0 Å². The van der Waals surface area contributed by atoms with E-state index in [4.69, 9.17) is 9.47 Å². The minimum Gasteiger partial charge on any atom is -0.379 e. The normalized spacial score (nSPS) is 20.7. The van der Waals surface area contributed by atoms with Gasteiger partial charge in [0.1, 0.15) is 0 Å². The first kappa shape index (κ1) is 22.1. The Morgan fingerprint density at radius 1 is 1.10 bits per heavy atom. The Morgan fingerprint density at radius 2 is 1.90 bits per heavy atom. The highest BCUT2D eigenvalue weighted by Gasteiger charge is 2.15. The van der Waals surface area contributed by atoms with Crippen molar-refractivity contribution in [2.24, 2.45) is 4.99 Å². The number of guanidine groups is 1. The highest BCUT2D eigenvalue weighted by molar-refractivity contribution is 5.79. The fourth-order valence-electron chi connectivity index (χ4n) is 3.92. The molecular formula is C23H38N4O2. The minimum atomic E-state index is 0.309. The Kier molecular flexibility index (Phi) is 9.76. The molecule has 0 bridgehead atoms. The van der Waals surface area contributed by atoms with Crippen LogP contribution in [0.5, 0.6) is 0 Å². The lowest BCUT2D eigenvalue weighted by atomic mass is 10.1. The smallest absolute Gasteiger partial charge is 0.191 e. The monoisotopic (exact) mass is 402 g/mol. The maximum absolute atomic E-state index is 5.70. The number of nitrogens with zero attached hydrogens (tertiary/aromatic N) is 2. The van der Waals surface area contributed by atoms with Gasteiger partial charge in [-0.1, -0.05) is 30.7 Å². The van der Waals surface area contributed by atoms with Gasteiger partial charge in [0, 0.05) is 39.9 Å². The van der Waals surface area contributed by atoms with E-state index in [1.165, 1.54) is 49.9 Å². The summed E-state index contributed by atoms with van der Waals surface area (Å²) >= 11 is 0. The Bertz CT molecular complexity index is 593. The zero-order chi connectivity index (χ0) is 20.2. The number of nitrogens with one attached hydrogen (secondary N) is 2. The van der Waals surface area contributed by atoms with E-state index in [9.17, 15) is 0 Å². The Labute approximate surface area is 176 Å². The summed E-state index contributed by atoms with van der Waals surface area (Å²) in [5.41, 5.74) is 2.68. The van der Waals surface area contributed by atoms with Gasteiger partial charge in [-0.25, -0.2) is 0 Å². The highest BCUT2D eigenvalue weighted by atomic mass is 16.5. The second-order valence-electron chi connectivity index (χ2n) is 8.07. The largest absolute Gasteiger partial charge is 0.379 e. The Balaban J connectivity index is 1.27. The first-order valence-corrected chi connectivity index (χ1v) is 11.3. The lowest BCUT2D eigenvalue weighted by Gasteiger charge is -2.26. The number of benzene rings is 1. The van der Waals surface area contributed by atoms with Crippen LogP contribution in [0.3, 0.4) is 0 Å². The van der Waals surface area contributed by atoms with Gasteiger partial charge in [0.05, 0.1) is 12.7 Å². The number of hydrogen-bond acceptors (Lipinski definition) is 4. The van der Waals surface area contributed by atoms with Gasteiger partial charge in [-0.15, -0.1) is 0 Å². The van der Waals surface area contributed by atoms with Crippen molar-refractivity contribution >= 4 is 5.96 Å². The van der Waals surface area contributed by atoms with Crippen molar-refractivity contribution < 1.29 is 9.47 Å². The van der Waals surface area contributed by atoms with Crippen LogP contribution in [0.2, 0.25) is 0 Å². The molecule has 2 saturated heterocycles. The molecule has 0 aliphatic carbocycles. The van der Waals surface area contributed by atoms with E-state index in [1.54, 1.807) is 0 Å². The molecule has 2 heterocycles. The summed E-state index contributed by atoms with van der Waals surface area (Å²) in [5.74, 6) is 0.835. The molecule has 6 nitrogen and oxygen atoms in total. The van der Waals surface area contributed by atoms with Crippen molar-refractivity contribution in [2.75, 3.05) is 46.5 Å². The van der Waals surface area contributed by atoms with Gasteiger partial charge in [0.2, 0.25) is 0 Å². The van der Waals surface area contributed by atoms with Gasteiger partial charge < -0.3 is 20.1 Å². The van der Waals surface area contributed by atoms with Crippen molar-refractivity contribution in [1.29, 1.82) is 0 Å². The van der Waals surface area contributed by atoms with E-state index in [0.717, 1.165) is 58.3 Å². The molecule has 1 aromatic rings. The molecule has 1 aromatic carbocycles. The summed E-state index contributed by atoms with van der Waals surface area (Å²) in [6, 6.07) is 8.96. The summed E-state index contributed by atoms with van der Waals surface area (Å²) < 4.78 is 11.3. The van der Waals surface area contributed by atoms with Gasteiger partial charge in [-0.2, -0.15) is 0 Å². The molecule has 29 heavy (non-hydrogen) atoms. The van der Waals surface area contributed by atoms with Crippen molar-refractivity contribution in [1.82, 2.24) is 15.5 Å². The molecular weight excluding hydrogens is 364 g/mol. The van der Waals surface area contributed by atoms with Crippen molar-refractivity contribution in [3.8, 4) is 0 Å². The van der Waals surface area contributed by atoms with Crippen LogP contribution in [-0.2, 0) is 22.6 Å². The Morgan fingerprint density at radius 3 is 2.62 bits per heavy atom. The van der Waals surface area contributed by atoms with E-state index in [2.05, 4.69) is 44.8 Å². The summed E-state index contributed by atoms with van der Waals surface area (Å²) in [6.07, 6.45) is 7.64. The number of hydrogen-bond donors (Lipinski definition) is 2. The van der Waals surface area contributed by atoms with Crippen LogP contribution in [0.15, 0.2) is 29.3 Å². The first-order chi connectivity index (χ1) is 14.3. The average Bonchev–Trinajstić information content (AvgIpc) is 3.28. The molecule has 0 radical (unpaired) electrons. The summed E-state index contributed by atoms with van der Waals surface area (Å²) in [5, 5.41) is 6.74. The zero-order valence-electron chi connectivity index (χ0n) is 18.0. The molecule has 2 fully saturated rings. The molecule has 2 N–H and O–H groups in total.